The first-order valence-electron chi connectivity index (χ1n) is 5.58. The van der Waals surface area contributed by atoms with Crippen LogP contribution < -0.4 is 11.1 Å². The molecule has 1 amide bonds. The summed E-state index contributed by atoms with van der Waals surface area (Å²) in [6.45, 7) is 1.91. The van der Waals surface area contributed by atoms with E-state index in [1.54, 1.807) is 0 Å². The average Bonchev–Trinajstić information content (AvgIpc) is 2.40. The predicted molar refractivity (Wildman–Crippen MR) is 69.0 cm³/mol. The molecule has 2 rings (SSSR count). The second-order valence-corrected chi connectivity index (χ2v) is 3.99. The zero-order valence-corrected chi connectivity index (χ0v) is 10.00. The molecule has 2 aromatic rings. The van der Waals surface area contributed by atoms with Crippen molar-refractivity contribution < 1.29 is 4.79 Å². The molecule has 1 heterocycles. The Morgan fingerprint density at radius 1 is 1.22 bits per heavy atom. The van der Waals surface area contributed by atoms with Gasteiger partial charge < -0.3 is 11.1 Å². The van der Waals surface area contributed by atoms with Crippen LogP contribution in [0, 0.1) is 0 Å². The molecule has 0 spiro atoms. The SMILES string of the molecule is CC(N)c1ccc(NC(=O)c2cncnc2)cc1. The Balaban J connectivity index is 2.08. The van der Waals surface area contributed by atoms with E-state index in [-0.39, 0.29) is 11.9 Å². The lowest BCUT2D eigenvalue weighted by molar-refractivity contribution is 0.102. The van der Waals surface area contributed by atoms with Gasteiger partial charge in [-0.05, 0) is 24.6 Å². The van der Waals surface area contributed by atoms with E-state index in [1.165, 1.54) is 18.7 Å². The molecule has 92 valence electrons. The zero-order chi connectivity index (χ0) is 13.0. The summed E-state index contributed by atoms with van der Waals surface area (Å²) in [6, 6.07) is 7.40. The van der Waals surface area contributed by atoms with Crippen LogP contribution in [0.2, 0.25) is 0 Å². The summed E-state index contributed by atoms with van der Waals surface area (Å²) >= 11 is 0. The van der Waals surface area contributed by atoms with Gasteiger partial charge in [-0.15, -0.1) is 0 Å². The molecule has 18 heavy (non-hydrogen) atoms. The van der Waals surface area contributed by atoms with E-state index >= 15 is 0 Å². The second-order valence-electron chi connectivity index (χ2n) is 3.99. The maximum Gasteiger partial charge on any atom is 0.258 e. The van der Waals surface area contributed by atoms with Gasteiger partial charge in [0.1, 0.15) is 6.33 Å². The summed E-state index contributed by atoms with van der Waals surface area (Å²) in [5, 5.41) is 2.76. The predicted octanol–water partition coefficient (Wildman–Crippen LogP) is 1.75. The van der Waals surface area contributed by atoms with Crippen molar-refractivity contribution >= 4 is 11.6 Å². The third-order valence-corrected chi connectivity index (χ3v) is 2.52. The quantitative estimate of drug-likeness (QED) is 0.859. The number of carbonyl (C=O) groups is 1. The van der Waals surface area contributed by atoms with Crippen LogP contribution in [0.4, 0.5) is 5.69 Å². The molecule has 0 saturated heterocycles. The lowest BCUT2D eigenvalue weighted by atomic mass is 10.1. The van der Waals surface area contributed by atoms with Crippen LogP contribution in [0.3, 0.4) is 0 Å². The number of nitrogens with one attached hydrogen (secondary N) is 1. The molecule has 0 fully saturated rings. The Kier molecular flexibility index (Phi) is 3.64. The molecule has 0 bridgehead atoms. The lowest BCUT2D eigenvalue weighted by Crippen LogP contribution is -2.12. The van der Waals surface area contributed by atoms with Gasteiger partial charge in [0, 0.05) is 24.1 Å². The number of amides is 1. The van der Waals surface area contributed by atoms with Crippen LogP contribution in [0.15, 0.2) is 43.0 Å². The van der Waals surface area contributed by atoms with E-state index in [4.69, 9.17) is 5.73 Å². The minimum Gasteiger partial charge on any atom is -0.324 e. The van der Waals surface area contributed by atoms with Crippen molar-refractivity contribution in [1.82, 2.24) is 9.97 Å². The Morgan fingerprint density at radius 2 is 1.83 bits per heavy atom. The topological polar surface area (TPSA) is 80.9 Å². The van der Waals surface area contributed by atoms with E-state index in [0.29, 0.717) is 11.3 Å². The summed E-state index contributed by atoms with van der Waals surface area (Å²) < 4.78 is 0. The Labute approximate surface area is 105 Å². The number of hydrogen-bond donors (Lipinski definition) is 2. The lowest BCUT2D eigenvalue weighted by Gasteiger charge is -2.08. The molecule has 1 atom stereocenters. The van der Waals surface area contributed by atoms with Gasteiger partial charge >= 0.3 is 0 Å². The molecule has 3 N–H and O–H groups in total. The van der Waals surface area contributed by atoms with Crippen LogP contribution in [0.5, 0.6) is 0 Å². The van der Waals surface area contributed by atoms with Crippen molar-refractivity contribution in [1.29, 1.82) is 0 Å². The molecule has 5 nitrogen and oxygen atoms in total. The maximum atomic E-state index is 11.8. The molecule has 5 heteroatoms. The normalized spacial score (nSPS) is 11.9. The number of carbonyl (C=O) groups excluding carboxylic acids is 1. The largest absolute Gasteiger partial charge is 0.324 e. The van der Waals surface area contributed by atoms with Gasteiger partial charge in [0.05, 0.1) is 5.56 Å². The van der Waals surface area contributed by atoms with Crippen molar-refractivity contribution in [3.05, 3.63) is 54.1 Å². The number of anilines is 1. The van der Waals surface area contributed by atoms with Crippen molar-refractivity contribution in [2.24, 2.45) is 5.73 Å². The van der Waals surface area contributed by atoms with E-state index < -0.39 is 0 Å². The molecule has 0 aliphatic rings. The Morgan fingerprint density at radius 3 is 2.39 bits per heavy atom. The highest BCUT2D eigenvalue weighted by Gasteiger charge is 2.06. The standard InChI is InChI=1S/C13H14N4O/c1-9(14)10-2-4-12(5-3-10)17-13(18)11-6-15-8-16-7-11/h2-9H,14H2,1H3,(H,17,18). The third kappa shape index (κ3) is 2.89. The van der Waals surface area contributed by atoms with Gasteiger partial charge in [-0.1, -0.05) is 12.1 Å². The summed E-state index contributed by atoms with van der Waals surface area (Å²) in [5.41, 5.74) is 7.92. The smallest absolute Gasteiger partial charge is 0.258 e. The highest BCUT2D eigenvalue weighted by atomic mass is 16.1. The van der Waals surface area contributed by atoms with Crippen LogP contribution in [-0.2, 0) is 0 Å². The highest BCUT2D eigenvalue weighted by molar-refractivity contribution is 6.03. The fourth-order valence-corrected chi connectivity index (χ4v) is 1.49. The van der Waals surface area contributed by atoms with Crippen LogP contribution >= 0.6 is 0 Å². The number of benzene rings is 1. The van der Waals surface area contributed by atoms with E-state index in [1.807, 2.05) is 31.2 Å². The number of nitrogens with two attached hydrogens (primary N) is 1. The first-order chi connectivity index (χ1) is 8.66. The van der Waals surface area contributed by atoms with Crippen molar-refractivity contribution in [3.8, 4) is 0 Å². The third-order valence-electron chi connectivity index (χ3n) is 2.52. The molecular weight excluding hydrogens is 228 g/mol. The summed E-state index contributed by atoms with van der Waals surface area (Å²) in [7, 11) is 0. The molecule has 0 saturated carbocycles. The molecular formula is C13H14N4O. The fourth-order valence-electron chi connectivity index (χ4n) is 1.49. The minimum atomic E-state index is -0.232. The highest BCUT2D eigenvalue weighted by Crippen LogP contribution is 2.14. The van der Waals surface area contributed by atoms with Gasteiger partial charge in [0.25, 0.3) is 5.91 Å². The van der Waals surface area contributed by atoms with Gasteiger partial charge in [-0.2, -0.15) is 0 Å². The first kappa shape index (κ1) is 12.2. The van der Waals surface area contributed by atoms with Crippen LogP contribution in [0.1, 0.15) is 28.9 Å². The number of nitrogens with zero attached hydrogens (tertiary/aromatic N) is 2. The molecule has 0 radical (unpaired) electrons. The molecule has 1 aromatic heterocycles. The Hall–Kier alpha value is -2.27. The number of aromatic nitrogens is 2. The molecule has 1 unspecified atom stereocenters. The van der Waals surface area contributed by atoms with Crippen molar-refractivity contribution in [2.45, 2.75) is 13.0 Å². The molecule has 0 aliphatic carbocycles. The van der Waals surface area contributed by atoms with Gasteiger partial charge in [-0.25, -0.2) is 9.97 Å². The van der Waals surface area contributed by atoms with Crippen LogP contribution in [-0.4, -0.2) is 15.9 Å². The second kappa shape index (κ2) is 5.37. The number of rotatable bonds is 3. The summed E-state index contributed by atoms with van der Waals surface area (Å²) in [4.78, 5) is 19.4. The molecule has 0 aliphatic heterocycles. The first-order valence-corrected chi connectivity index (χ1v) is 5.58. The minimum absolute atomic E-state index is 0.0164. The Bertz CT molecular complexity index is 522. The average molecular weight is 242 g/mol. The number of hydrogen-bond acceptors (Lipinski definition) is 4. The molecule has 1 aromatic carbocycles. The van der Waals surface area contributed by atoms with E-state index in [2.05, 4.69) is 15.3 Å². The van der Waals surface area contributed by atoms with Crippen molar-refractivity contribution in [3.63, 3.8) is 0 Å². The van der Waals surface area contributed by atoms with Gasteiger partial charge in [0.15, 0.2) is 0 Å². The van der Waals surface area contributed by atoms with E-state index in [9.17, 15) is 4.79 Å². The van der Waals surface area contributed by atoms with Crippen molar-refractivity contribution in [2.75, 3.05) is 5.32 Å². The van der Waals surface area contributed by atoms with E-state index in [0.717, 1.165) is 5.56 Å². The van der Waals surface area contributed by atoms with Gasteiger partial charge in [-0.3, -0.25) is 4.79 Å². The summed E-state index contributed by atoms with van der Waals surface area (Å²) in [5.74, 6) is -0.232. The zero-order valence-electron chi connectivity index (χ0n) is 10.00. The van der Waals surface area contributed by atoms with Gasteiger partial charge in [0.2, 0.25) is 0 Å². The monoisotopic (exact) mass is 242 g/mol. The summed E-state index contributed by atoms with van der Waals surface area (Å²) in [6.07, 6.45) is 4.32. The van der Waals surface area contributed by atoms with Crippen LogP contribution in [0.25, 0.3) is 0 Å². The fraction of sp³-hybridized carbons (Fsp3) is 0.154. The maximum absolute atomic E-state index is 11.8.